The molecule has 11 nitrogen and oxygen atoms in total. The molecule has 0 aliphatic heterocycles. The number of carbonyl (C=O) groups is 5. The van der Waals surface area contributed by atoms with E-state index in [9.17, 15) is 29.0 Å². The van der Waals surface area contributed by atoms with Gasteiger partial charge in [0.25, 0.3) is 11.9 Å². The van der Waals surface area contributed by atoms with Gasteiger partial charge in [0.15, 0.2) is 0 Å². The van der Waals surface area contributed by atoms with Gasteiger partial charge in [-0.05, 0) is 30.5 Å². The number of hydrogen-bond acceptors (Lipinski definition) is 8. The fourth-order valence-electron chi connectivity index (χ4n) is 3.09. The predicted molar refractivity (Wildman–Crippen MR) is 133 cm³/mol. The minimum atomic E-state index is -1.79. The molecule has 0 aromatic heterocycles. The Balaban J connectivity index is 2.83. The van der Waals surface area contributed by atoms with Crippen molar-refractivity contribution in [3.05, 3.63) is 33.8 Å². The van der Waals surface area contributed by atoms with E-state index in [1.54, 1.807) is 0 Å². The van der Waals surface area contributed by atoms with Crippen LogP contribution in [-0.4, -0.2) is 68.4 Å². The SMILES string of the molecule is CNC(=O)CC(CC(=O)OC)C(=O)OB(O)[C@H](CC(C)C)NC(=O)CNC(=O)c1cc(Cl)ccc1Cl. The van der Waals surface area contributed by atoms with E-state index in [0.29, 0.717) is 0 Å². The Bertz CT molecular complexity index is 945. The third kappa shape index (κ3) is 10.8. The van der Waals surface area contributed by atoms with Crippen LogP contribution in [0.3, 0.4) is 0 Å². The highest BCUT2D eigenvalue weighted by Crippen LogP contribution is 2.20. The van der Waals surface area contributed by atoms with Crippen LogP contribution < -0.4 is 16.0 Å². The zero-order valence-electron chi connectivity index (χ0n) is 20.4. The van der Waals surface area contributed by atoms with Crippen molar-refractivity contribution in [3.8, 4) is 0 Å². The second kappa shape index (κ2) is 15.3. The molecule has 4 N–H and O–H groups in total. The largest absolute Gasteiger partial charge is 0.548 e. The van der Waals surface area contributed by atoms with E-state index >= 15 is 0 Å². The van der Waals surface area contributed by atoms with Gasteiger partial charge in [-0.3, -0.25) is 24.0 Å². The summed E-state index contributed by atoms with van der Waals surface area (Å²) in [5.41, 5.74) is 0.0809. The molecule has 0 saturated carbocycles. The van der Waals surface area contributed by atoms with E-state index in [1.165, 1.54) is 25.2 Å². The molecule has 1 aromatic carbocycles. The molecule has 0 fully saturated rings. The summed E-state index contributed by atoms with van der Waals surface area (Å²) in [6.45, 7) is 3.18. The summed E-state index contributed by atoms with van der Waals surface area (Å²) in [7, 11) is 0.712. The van der Waals surface area contributed by atoms with E-state index < -0.39 is 61.6 Å². The predicted octanol–water partition coefficient (Wildman–Crippen LogP) is 1.13. The van der Waals surface area contributed by atoms with E-state index in [2.05, 4.69) is 20.7 Å². The first-order valence-corrected chi connectivity index (χ1v) is 11.8. The van der Waals surface area contributed by atoms with Crippen LogP contribution in [0.4, 0.5) is 0 Å². The Morgan fingerprint density at radius 3 is 2.33 bits per heavy atom. The lowest BCUT2D eigenvalue weighted by Crippen LogP contribution is -2.52. The van der Waals surface area contributed by atoms with E-state index in [4.69, 9.17) is 27.9 Å². The van der Waals surface area contributed by atoms with Crippen molar-refractivity contribution >= 4 is 60.0 Å². The molecule has 3 amide bonds. The quantitative estimate of drug-likeness (QED) is 0.212. The second-order valence-electron chi connectivity index (χ2n) is 8.29. The first kappa shape index (κ1) is 31.2. The lowest BCUT2D eigenvalue weighted by Gasteiger charge is -2.24. The maximum absolute atomic E-state index is 12.6. The molecule has 1 aromatic rings. The Morgan fingerprint density at radius 1 is 1.08 bits per heavy atom. The van der Waals surface area contributed by atoms with Crippen LogP contribution in [0.2, 0.25) is 10.0 Å². The molecular formula is C22H30BCl2N3O8. The van der Waals surface area contributed by atoms with Crippen LogP contribution >= 0.6 is 23.2 Å². The number of methoxy groups -OCH3 is 1. The average Bonchev–Trinajstić information content (AvgIpc) is 2.82. The molecule has 0 bridgehead atoms. The number of rotatable bonds is 13. The van der Waals surface area contributed by atoms with Gasteiger partial charge in [-0.15, -0.1) is 0 Å². The summed E-state index contributed by atoms with van der Waals surface area (Å²) in [5, 5.41) is 18.2. The van der Waals surface area contributed by atoms with E-state index in [0.717, 1.165) is 7.11 Å². The number of nitrogens with one attached hydrogen (secondary N) is 3. The van der Waals surface area contributed by atoms with Gasteiger partial charge in [-0.2, -0.15) is 0 Å². The number of esters is 1. The molecule has 36 heavy (non-hydrogen) atoms. The van der Waals surface area contributed by atoms with Crippen LogP contribution in [0.25, 0.3) is 0 Å². The van der Waals surface area contributed by atoms with Crippen LogP contribution in [0, 0.1) is 11.8 Å². The van der Waals surface area contributed by atoms with Crippen molar-refractivity contribution < 1.29 is 38.4 Å². The number of amides is 3. The minimum absolute atomic E-state index is 0.0276. The topological polar surface area (TPSA) is 160 Å². The molecule has 1 unspecified atom stereocenters. The molecule has 198 valence electrons. The molecule has 2 atom stereocenters. The smallest absolute Gasteiger partial charge is 0.508 e. The molecule has 0 heterocycles. The molecule has 14 heteroatoms. The van der Waals surface area contributed by atoms with Crippen molar-refractivity contribution in [1.82, 2.24) is 16.0 Å². The molecule has 0 saturated heterocycles. The maximum atomic E-state index is 12.6. The third-order valence-corrected chi connectivity index (χ3v) is 5.48. The van der Waals surface area contributed by atoms with Crippen LogP contribution in [-0.2, 0) is 28.6 Å². The zero-order chi connectivity index (χ0) is 27.4. The van der Waals surface area contributed by atoms with Gasteiger partial charge < -0.3 is 30.4 Å². The number of ether oxygens (including phenoxy) is 1. The summed E-state index contributed by atoms with van der Waals surface area (Å²) in [5.74, 6) is -5.83. The standard InChI is InChI=1S/C22H30BCl2N3O8/c1-12(2)7-17(23(34)36-22(33)13(8-18(29)26-3)9-20(31)35-4)28-19(30)11-27-21(32)15-10-14(24)5-6-16(15)25/h5-6,10,12-13,17,34H,7-9,11H2,1-4H3,(H,26,29)(H,27,32)(H,28,30)/t13?,17-/m0/s1. The Morgan fingerprint density at radius 2 is 1.75 bits per heavy atom. The highest BCUT2D eigenvalue weighted by Gasteiger charge is 2.36. The number of halogens is 2. The van der Waals surface area contributed by atoms with Gasteiger partial charge in [0.05, 0.1) is 42.5 Å². The fourth-order valence-corrected chi connectivity index (χ4v) is 3.46. The van der Waals surface area contributed by atoms with Gasteiger partial charge in [0.1, 0.15) is 0 Å². The van der Waals surface area contributed by atoms with E-state index in [-0.39, 0.29) is 34.4 Å². The second-order valence-corrected chi connectivity index (χ2v) is 9.14. The third-order valence-electron chi connectivity index (χ3n) is 4.92. The Kier molecular flexibility index (Phi) is 13.3. The molecule has 0 aliphatic rings. The normalized spacial score (nSPS) is 12.2. The van der Waals surface area contributed by atoms with E-state index in [1.807, 2.05) is 13.8 Å². The highest BCUT2D eigenvalue weighted by atomic mass is 35.5. The van der Waals surface area contributed by atoms with Crippen LogP contribution in [0.5, 0.6) is 0 Å². The van der Waals surface area contributed by atoms with Gasteiger partial charge >= 0.3 is 13.1 Å². The van der Waals surface area contributed by atoms with Crippen molar-refractivity contribution in [2.75, 3.05) is 20.7 Å². The monoisotopic (exact) mass is 545 g/mol. The molecule has 0 spiro atoms. The Labute approximate surface area is 219 Å². The van der Waals surface area contributed by atoms with Crippen LogP contribution in [0.1, 0.15) is 43.5 Å². The minimum Gasteiger partial charge on any atom is -0.508 e. The van der Waals surface area contributed by atoms with Gasteiger partial charge in [-0.25, -0.2) is 0 Å². The molecular weight excluding hydrogens is 516 g/mol. The number of benzene rings is 1. The highest BCUT2D eigenvalue weighted by molar-refractivity contribution is 6.47. The van der Waals surface area contributed by atoms with Crippen molar-refractivity contribution in [2.24, 2.45) is 11.8 Å². The molecule has 0 radical (unpaired) electrons. The summed E-state index contributed by atoms with van der Waals surface area (Å²) < 4.78 is 9.63. The summed E-state index contributed by atoms with van der Waals surface area (Å²) in [6, 6.07) is 4.31. The number of hydrogen-bond donors (Lipinski definition) is 4. The zero-order valence-corrected chi connectivity index (χ0v) is 21.9. The first-order valence-electron chi connectivity index (χ1n) is 11.1. The fraction of sp³-hybridized carbons (Fsp3) is 0.500. The number of carbonyl (C=O) groups excluding carboxylic acids is 5. The van der Waals surface area contributed by atoms with Crippen molar-refractivity contribution in [2.45, 2.75) is 39.1 Å². The lowest BCUT2D eigenvalue weighted by atomic mass is 9.74. The first-order chi connectivity index (χ1) is 16.9. The van der Waals surface area contributed by atoms with Gasteiger partial charge in [0, 0.05) is 18.5 Å². The van der Waals surface area contributed by atoms with Gasteiger partial charge in [-0.1, -0.05) is 37.0 Å². The summed E-state index contributed by atoms with van der Waals surface area (Å²) in [6.07, 6.45) is -0.587. The van der Waals surface area contributed by atoms with Gasteiger partial charge in [0.2, 0.25) is 11.8 Å². The molecule has 1 rings (SSSR count). The van der Waals surface area contributed by atoms with Crippen molar-refractivity contribution in [1.29, 1.82) is 0 Å². The maximum Gasteiger partial charge on any atom is 0.548 e. The molecule has 0 aliphatic carbocycles. The van der Waals surface area contributed by atoms with Crippen molar-refractivity contribution in [3.63, 3.8) is 0 Å². The summed E-state index contributed by atoms with van der Waals surface area (Å²) in [4.78, 5) is 60.8. The summed E-state index contributed by atoms with van der Waals surface area (Å²) >= 11 is 11.9. The average molecular weight is 546 g/mol. The Hall–Kier alpha value is -2.83. The van der Waals surface area contributed by atoms with Crippen LogP contribution in [0.15, 0.2) is 18.2 Å². The lowest BCUT2D eigenvalue weighted by molar-refractivity contribution is -0.150.